The van der Waals surface area contributed by atoms with Gasteiger partial charge in [0.2, 0.25) is 10.0 Å². The van der Waals surface area contributed by atoms with Gasteiger partial charge in [0.25, 0.3) is 0 Å². The van der Waals surface area contributed by atoms with Crippen LogP contribution in [0.2, 0.25) is 0 Å². The predicted molar refractivity (Wildman–Crippen MR) is 99.0 cm³/mol. The second kappa shape index (κ2) is 8.63. The second-order valence-electron chi connectivity index (χ2n) is 6.90. The summed E-state index contributed by atoms with van der Waals surface area (Å²) in [6, 6.07) is 13.6. The zero-order valence-electron chi connectivity index (χ0n) is 15.2. The first-order chi connectivity index (χ1) is 13.3. The van der Waals surface area contributed by atoms with Gasteiger partial charge in [0.15, 0.2) is 0 Å². The van der Waals surface area contributed by atoms with Crippen LogP contribution in [0.3, 0.4) is 0 Å². The normalized spacial score (nSPS) is 18.9. The molecule has 0 N–H and O–H groups in total. The predicted octanol–water partition coefficient (Wildman–Crippen LogP) is 4.32. The average Bonchev–Trinajstić information content (AvgIpc) is 2.68. The van der Waals surface area contributed by atoms with Gasteiger partial charge in [-0.2, -0.15) is 17.5 Å². The first-order valence-corrected chi connectivity index (χ1v) is 10.5. The topological polar surface area (TPSA) is 46.6 Å². The molecule has 152 valence electrons. The van der Waals surface area contributed by atoms with Crippen LogP contribution < -0.4 is 0 Å². The molecule has 28 heavy (non-hydrogen) atoms. The summed E-state index contributed by atoms with van der Waals surface area (Å²) in [6.07, 6.45) is -3.11. The lowest BCUT2D eigenvalue weighted by Gasteiger charge is -2.32. The van der Waals surface area contributed by atoms with Crippen LogP contribution in [0.15, 0.2) is 59.5 Å². The lowest BCUT2D eigenvalue weighted by Crippen LogP contribution is -2.41. The molecular formula is C20H22F3NO3S. The van der Waals surface area contributed by atoms with Crippen molar-refractivity contribution in [2.24, 2.45) is 5.92 Å². The maximum absolute atomic E-state index is 12.9. The number of nitrogens with zero attached hydrogens (tertiary/aromatic N) is 1. The Hall–Kier alpha value is -1.90. The molecular weight excluding hydrogens is 391 g/mol. The van der Waals surface area contributed by atoms with Gasteiger partial charge in [0.1, 0.15) is 0 Å². The molecule has 0 aromatic heterocycles. The van der Waals surface area contributed by atoms with Gasteiger partial charge in [-0.25, -0.2) is 8.42 Å². The van der Waals surface area contributed by atoms with Crippen LogP contribution in [0, 0.1) is 5.92 Å². The summed E-state index contributed by atoms with van der Waals surface area (Å²) in [6.45, 7) is 1.39. The molecule has 0 saturated carbocycles. The molecule has 0 amide bonds. The lowest BCUT2D eigenvalue weighted by molar-refractivity contribution is -0.137. The lowest BCUT2D eigenvalue weighted by atomic mass is 10.0. The van der Waals surface area contributed by atoms with Gasteiger partial charge in [-0.3, -0.25) is 0 Å². The third kappa shape index (κ3) is 5.12. The van der Waals surface area contributed by atoms with Crippen molar-refractivity contribution < 1.29 is 26.3 Å². The highest BCUT2D eigenvalue weighted by Gasteiger charge is 2.34. The molecule has 2 aromatic carbocycles. The van der Waals surface area contributed by atoms with E-state index >= 15 is 0 Å². The molecule has 4 nitrogen and oxygen atoms in total. The van der Waals surface area contributed by atoms with E-state index in [0.29, 0.717) is 32.2 Å². The Kier molecular flexibility index (Phi) is 6.42. The van der Waals surface area contributed by atoms with Crippen LogP contribution in [-0.2, 0) is 27.5 Å². The van der Waals surface area contributed by atoms with E-state index in [1.807, 2.05) is 30.3 Å². The minimum atomic E-state index is -4.58. The third-order valence-electron chi connectivity index (χ3n) is 4.75. The van der Waals surface area contributed by atoms with Crippen molar-refractivity contribution in [1.82, 2.24) is 4.31 Å². The molecule has 0 unspecified atom stereocenters. The zero-order chi connectivity index (χ0) is 20.2. The van der Waals surface area contributed by atoms with Gasteiger partial charge in [0, 0.05) is 13.1 Å². The van der Waals surface area contributed by atoms with E-state index in [0.717, 1.165) is 24.1 Å². The third-order valence-corrected chi connectivity index (χ3v) is 6.61. The fourth-order valence-corrected chi connectivity index (χ4v) is 4.88. The summed E-state index contributed by atoms with van der Waals surface area (Å²) in [5, 5.41) is 0. The molecule has 2 aromatic rings. The maximum Gasteiger partial charge on any atom is 0.416 e. The number of alkyl halides is 3. The van der Waals surface area contributed by atoms with Crippen molar-refractivity contribution in [2.75, 3.05) is 19.7 Å². The summed E-state index contributed by atoms with van der Waals surface area (Å²) in [5.41, 5.74) is 0.0695. The van der Waals surface area contributed by atoms with Crippen LogP contribution in [0.5, 0.6) is 0 Å². The van der Waals surface area contributed by atoms with Crippen molar-refractivity contribution in [1.29, 1.82) is 0 Å². The molecule has 1 aliphatic rings. The molecule has 1 aliphatic heterocycles. The van der Waals surface area contributed by atoms with Crippen LogP contribution >= 0.6 is 0 Å². The summed E-state index contributed by atoms with van der Waals surface area (Å²) in [4.78, 5) is -0.326. The van der Waals surface area contributed by atoms with Gasteiger partial charge in [-0.1, -0.05) is 36.4 Å². The summed E-state index contributed by atoms with van der Waals surface area (Å²) in [5.74, 6) is 0.0121. The highest BCUT2D eigenvalue weighted by molar-refractivity contribution is 7.89. The Bertz CT molecular complexity index is 885. The Labute approximate surface area is 163 Å². The number of hydrogen-bond donors (Lipinski definition) is 0. The average molecular weight is 413 g/mol. The first kappa shape index (κ1) is 20.8. The van der Waals surface area contributed by atoms with Gasteiger partial charge >= 0.3 is 6.18 Å². The highest BCUT2D eigenvalue weighted by atomic mass is 32.2. The van der Waals surface area contributed by atoms with Gasteiger partial charge in [-0.05, 0) is 42.5 Å². The monoisotopic (exact) mass is 413 g/mol. The molecule has 0 bridgehead atoms. The quantitative estimate of drug-likeness (QED) is 0.709. The van der Waals surface area contributed by atoms with Crippen molar-refractivity contribution in [3.63, 3.8) is 0 Å². The van der Waals surface area contributed by atoms with E-state index in [1.165, 1.54) is 10.4 Å². The fourth-order valence-electron chi connectivity index (χ4n) is 3.28. The molecule has 0 aliphatic carbocycles. The summed E-state index contributed by atoms with van der Waals surface area (Å²) < 4.78 is 71.4. The second-order valence-corrected chi connectivity index (χ2v) is 8.84. The van der Waals surface area contributed by atoms with Crippen molar-refractivity contribution in [3.05, 3.63) is 65.7 Å². The fraction of sp³-hybridized carbons (Fsp3) is 0.400. The van der Waals surface area contributed by atoms with Crippen LogP contribution in [0.1, 0.15) is 24.0 Å². The number of halogens is 3. The number of ether oxygens (including phenoxy) is 1. The highest BCUT2D eigenvalue weighted by Crippen LogP contribution is 2.32. The first-order valence-electron chi connectivity index (χ1n) is 9.06. The zero-order valence-corrected chi connectivity index (χ0v) is 16.0. The largest absolute Gasteiger partial charge is 0.416 e. The van der Waals surface area contributed by atoms with E-state index in [2.05, 4.69) is 0 Å². The number of hydrogen-bond acceptors (Lipinski definition) is 3. The molecule has 1 heterocycles. The van der Waals surface area contributed by atoms with E-state index in [-0.39, 0.29) is 17.4 Å². The molecule has 3 rings (SSSR count). The van der Waals surface area contributed by atoms with Gasteiger partial charge in [0.05, 0.1) is 23.7 Å². The Morgan fingerprint density at radius 2 is 1.82 bits per heavy atom. The smallest absolute Gasteiger partial charge is 0.376 e. The molecule has 8 heteroatoms. The van der Waals surface area contributed by atoms with E-state index in [4.69, 9.17) is 4.74 Å². The van der Waals surface area contributed by atoms with Gasteiger partial charge < -0.3 is 4.74 Å². The number of benzene rings is 2. The minimum absolute atomic E-state index is 0.0121. The molecule has 0 spiro atoms. The van der Waals surface area contributed by atoms with E-state index in [1.54, 1.807) is 0 Å². The molecule has 1 saturated heterocycles. The Balaban J connectivity index is 1.64. The van der Waals surface area contributed by atoms with Crippen LogP contribution in [-0.4, -0.2) is 32.4 Å². The standard InChI is InChI=1S/C20H22F3NO3S/c21-20(22,23)18-9-4-10-19(12-18)28(25,26)24-11-5-8-17(13-24)15-27-14-16-6-2-1-3-7-16/h1-4,6-7,9-10,12,17H,5,8,11,13-15H2/t17-/m0/s1. The van der Waals surface area contributed by atoms with Crippen molar-refractivity contribution in [3.8, 4) is 0 Å². The Morgan fingerprint density at radius 1 is 1.07 bits per heavy atom. The maximum atomic E-state index is 12.9. The minimum Gasteiger partial charge on any atom is -0.376 e. The van der Waals surface area contributed by atoms with Crippen LogP contribution in [0.25, 0.3) is 0 Å². The van der Waals surface area contributed by atoms with Crippen molar-refractivity contribution in [2.45, 2.75) is 30.5 Å². The Morgan fingerprint density at radius 3 is 2.54 bits per heavy atom. The van der Waals surface area contributed by atoms with E-state index < -0.39 is 21.8 Å². The summed E-state index contributed by atoms with van der Waals surface area (Å²) >= 11 is 0. The molecule has 1 atom stereocenters. The van der Waals surface area contributed by atoms with Gasteiger partial charge in [-0.15, -0.1) is 0 Å². The SMILES string of the molecule is O=S(=O)(c1cccc(C(F)(F)F)c1)N1CCC[C@H](COCc2ccccc2)C1. The molecule has 1 fully saturated rings. The van der Waals surface area contributed by atoms with Crippen LogP contribution in [0.4, 0.5) is 13.2 Å². The number of rotatable bonds is 6. The summed E-state index contributed by atoms with van der Waals surface area (Å²) in [7, 11) is -3.98. The molecule has 0 radical (unpaired) electrons. The number of sulfonamides is 1. The number of piperidine rings is 1. The van der Waals surface area contributed by atoms with Crippen molar-refractivity contribution >= 4 is 10.0 Å². The van der Waals surface area contributed by atoms with E-state index in [9.17, 15) is 21.6 Å².